The topological polar surface area (TPSA) is 69.6 Å². The molecule has 0 aliphatic carbocycles. The summed E-state index contributed by atoms with van der Waals surface area (Å²) in [6.45, 7) is 0. The van der Waals surface area contributed by atoms with E-state index in [1.165, 1.54) is 0 Å². The minimum absolute atomic E-state index is 0.279. The number of hydrogen-bond acceptors (Lipinski definition) is 5. The first-order chi connectivity index (χ1) is 6.29. The summed E-state index contributed by atoms with van der Waals surface area (Å²) in [7, 11) is 1.90. The van der Waals surface area contributed by atoms with Crippen molar-refractivity contribution in [2.75, 3.05) is 0 Å². The first-order valence-corrected chi connectivity index (χ1v) is 4.52. The molecule has 0 aliphatic heterocycles. The maximum Gasteiger partial charge on any atom is 0.131 e. The highest BCUT2D eigenvalue weighted by Crippen LogP contribution is 2.14. The van der Waals surface area contributed by atoms with Crippen LogP contribution < -0.4 is 5.73 Å². The van der Waals surface area contributed by atoms with Gasteiger partial charge in [-0.05, 0) is 0 Å². The SMILES string of the molecule is Cn1ccnc1C(N)c1cnsn1. The van der Waals surface area contributed by atoms with Gasteiger partial charge in [-0.2, -0.15) is 8.75 Å². The molecule has 0 radical (unpaired) electrons. The zero-order valence-corrected chi connectivity index (χ0v) is 7.90. The van der Waals surface area contributed by atoms with E-state index in [0.29, 0.717) is 0 Å². The van der Waals surface area contributed by atoms with Crippen molar-refractivity contribution >= 4 is 11.7 Å². The van der Waals surface area contributed by atoms with Crippen molar-refractivity contribution < 1.29 is 0 Å². The van der Waals surface area contributed by atoms with E-state index >= 15 is 0 Å². The van der Waals surface area contributed by atoms with Gasteiger partial charge in [0.25, 0.3) is 0 Å². The number of aryl methyl sites for hydroxylation is 1. The molecule has 2 aromatic rings. The molecule has 0 saturated heterocycles. The van der Waals surface area contributed by atoms with Gasteiger partial charge in [-0.3, -0.25) is 0 Å². The van der Waals surface area contributed by atoms with Crippen LogP contribution in [0.25, 0.3) is 0 Å². The van der Waals surface area contributed by atoms with Crippen LogP contribution in [0, 0.1) is 0 Å². The Bertz CT molecular complexity index is 379. The van der Waals surface area contributed by atoms with Crippen LogP contribution in [0.1, 0.15) is 17.6 Å². The summed E-state index contributed by atoms with van der Waals surface area (Å²) in [5, 5.41) is 0. The Kier molecular flexibility index (Phi) is 2.07. The first-order valence-electron chi connectivity index (χ1n) is 3.79. The monoisotopic (exact) mass is 195 g/mol. The standard InChI is InChI=1S/C7H9N5S/c1-12-3-2-9-7(12)6(8)5-4-10-13-11-5/h2-4,6H,8H2,1H3. The Balaban J connectivity index is 2.33. The number of imidazole rings is 1. The molecule has 0 bridgehead atoms. The molecular weight excluding hydrogens is 186 g/mol. The van der Waals surface area contributed by atoms with Crippen molar-refractivity contribution in [1.82, 2.24) is 18.3 Å². The molecule has 2 N–H and O–H groups in total. The number of nitrogens with zero attached hydrogens (tertiary/aromatic N) is 4. The quantitative estimate of drug-likeness (QED) is 0.749. The first kappa shape index (κ1) is 8.33. The average Bonchev–Trinajstić information content (AvgIpc) is 2.72. The van der Waals surface area contributed by atoms with Gasteiger partial charge in [0, 0.05) is 19.4 Å². The maximum absolute atomic E-state index is 5.93. The van der Waals surface area contributed by atoms with Crippen LogP contribution in [-0.2, 0) is 7.05 Å². The van der Waals surface area contributed by atoms with Gasteiger partial charge < -0.3 is 10.3 Å². The van der Waals surface area contributed by atoms with E-state index in [4.69, 9.17) is 5.73 Å². The lowest BCUT2D eigenvalue weighted by atomic mass is 10.2. The lowest BCUT2D eigenvalue weighted by molar-refractivity contribution is 0.705. The Morgan fingerprint density at radius 1 is 1.62 bits per heavy atom. The fraction of sp³-hybridized carbons (Fsp3) is 0.286. The molecule has 2 heterocycles. The highest BCUT2D eigenvalue weighted by molar-refractivity contribution is 6.99. The molecule has 2 rings (SSSR count). The van der Waals surface area contributed by atoms with Crippen LogP contribution in [0.15, 0.2) is 18.6 Å². The molecule has 0 spiro atoms. The smallest absolute Gasteiger partial charge is 0.131 e. The van der Waals surface area contributed by atoms with Crippen molar-refractivity contribution in [1.29, 1.82) is 0 Å². The van der Waals surface area contributed by atoms with Crippen molar-refractivity contribution in [2.24, 2.45) is 12.8 Å². The third kappa shape index (κ3) is 1.45. The predicted molar refractivity (Wildman–Crippen MR) is 49.1 cm³/mol. The normalized spacial score (nSPS) is 13.1. The minimum Gasteiger partial charge on any atom is -0.336 e. The van der Waals surface area contributed by atoms with Crippen molar-refractivity contribution in [3.63, 3.8) is 0 Å². The van der Waals surface area contributed by atoms with Gasteiger partial charge >= 0.3 is 0 Å². The van der Waals surface area contributed by atoms with E-state index in [1.54, 1.807) is 12.4 Å². The van der Waals surface area contributed by atoms with Gasteiger partial charge in [0.2, 0.25) is 0 Å². The molecular formula is C7H9N5S. The Morgan fingerprint density at radius 2 is 2.46 bits per heavy atom. The number of rotatable bonds is 2. The van der Waals surface area contributed by atoms with Gasteiger partial charge in [-0.15, -0.1) is 0 Å². The molecule has 0 saturated carbocycles. The third-order valence-corrected chi connectivity index (χ3v) is 2.33. The maximum atomic E-state index is 5.93. The number of hydrogen-bond donors (Lipinski definition) is 1. The summed E-state index contributed by atoms with van der Waals surface area (Å²) >= 11 is 1.15. The van der Waals surface area contributed by atoms with E-state index in [9.17, 15) is 0 Å². The summed E-state index contributed by atoms with van der Waals surface area (Å²) in [5.41, 5.74) is 6.69. The zero-order chi connectivity index (χ0) is 9.26. The van der Waals surface area contributed by atoms with Gasteiger partial charge in [0.05, 0.1) is 23.6 Å². The molecule has 6 heteroatoms. The zero-order valence-electron chi connectivity index (χ0n) is 7.08. The van der Waals surface area contributed by atoms with Crippen LogP contribution in [0.2, 0.25) is 0 Å². The van der Waals surface area contributed by atoms with Crippen LogP contribution in [-0.4, -0.2) is 18.3 Å². The molecule has 13 heavy (non-hydrogen) atoms. The highest BCUT2D eigenvalue weighted by atomic mass is 32.1. The molecule has 1 unspecified atom stereocenters. The van der Waals surface area contributed by atoms with Crippen molar-refractivity contribution in [3.05, 3.63) is 30.1 Å². The molecule has 1 atom stereocenters. The molecule has 0 fully saturated rings. The van der Waals surface area contributed by atoms with E-state index in [1.807, 2.05) is 17.8 Å². The molecule has 5 nitrogen and oxygen atoms in total. The highest BCUT2D eigenvalue weighted by Gasteiger charge is 2.15. The van der Waals surface area contributed by atoms with Crippen LogP contribution in [0.3, 0.4) is 0 Å². The van der Waals surface area contributed by atoms with E-state index < -0.39 is 0 Å². The van der Waals surface area contributed by atoms with Crippen molar-refractivity contribution in [2.45, 2.75) is 6.04 Å². The lowest BCUT2D eigenvalue weighted by Gasteiger charge is -2.07. The Labute approximate surface area is 79.6 Å². The van der Waals surface area contributed by atoms with Gasteiger partial charge in [-0.1, -0.05) is 0 Å². The van der Waals surface area contributed by atoms with E-state index in [-0.39, 0.29) is 6.04 Å². The number of aromatic nitrogens is 4. The van der Waals surface area contributed by atoms with Crippen molar-refractivity contribution in [3.8, 4) is 0 Å². The average molecular weight is 195 g/mol. The second kappa shape index (κ2) is 3.23. The number of nitrogens with two attached hydrogens (primary N) is 1. The fourth-order valence-electron chi connectivity index (χ4n) is 1.12. The van der Waals surface area contributed by atoms with Crippen LogP contribution >= 0.6 is 11.7 Å². The second-order valence-electron chi connectivity index (χ2n) is 2.71. The van der Waals surface area contributed by atoms with Crippen LogP contribution in [0.5, 0.6) is 0 Å². The summed E-state index contributed by atoms with van der Waals surface area (Å²) < 4.78 is 9.84. The van der Waals surface area contributed by atoms with Gasteiger partial charge in [0.1, 0.15) is 11.9 Å². The third-order valence-electron chi connectivity index (χ3n) is 1.83. The summed E-state index contributed by atoms with van der Waals surface area (Å²) in [6.07, 6.45) is 5.24. The van der Waals surface area contributed by atoms with Gasteiger partial charge in [0.15, 0.2) is 0 Å². The molecule has 0 aromatic carbocycles. The molecule has 2 aromatic heterocycles. The largest absolute Gasteiger partial charge is 0.336 e. The Morgan fingerprint density at radius 3 is 3.00 bits per heavy atom. The molecule has 0 aliphatic rings. The summed E-state index contributed by atoms with van der Waals surface area (Å²) in [6, 6.07) is -0.279. The van der Waals surface area contributed by atoms with E-state index in [2.05, 4.69) is 13.7 Å². The summed E-state index contributed by atoms with van der Waals surface area (Å²) in [4.78, 5) is 4.15. The summed E-state index contributed by atoms with van der Waals surface area (Å²) in [5.74, 6) is 0.799. The fourth-order valence-corrected chi connectivity index (χ4v) is 1.58. The van der Waals surface area contributed by atoms with E-state index in [0.717, 1.165) is 23.2 Å². The lowest BCUT2D eigenvalue weighted by Crippen LogP contribution is -2.16. The second-order valence-corrected chi connectivity index (χ2v) is 3.26. The molecule has 0 amide bonds. The van der Waals surface area contributed by atoms with Gasteiger partial charge in [-0.25, -0.2) is 4.98 Å². The van der Waals surface area contributed by atoms with Crippen LogP contribution in [0.4, 0.5) is 0 Å². The minimum atomic E-state index is -0.279. The predicted octanol–water partition coefficient (Wildman–Crippen LogP) is 0.320. The Hall–Kier alpha value is -1.27. The molecule has 68 valence electrons.